The van der Waals surface area contributed by atoms with Crippen LogP contribution in [0.4, 0.5) is 0 Å². The van der Waals surface area contributed by atoms with Gasteiger partial charge in [-0.1, -0.05) is 12.1 Å². The molecule has 2 heterocycles. The van der Waals surface area contributed by atoms with Crippen molar-refractivity contribution in [3.05, 3.63) is 28.9 Å². The van der Waals surface area contributed by atoms with E-state index in [4.69, 9.17) is 4.74 Å². The Hall–Kier alpha value is -1.15. The molecule has 0 amide bonds. The predicted octanol–water partition coefficient (Wildman–Crippen LogP) is -0.0199. The molecule has 8 nitrogen and oxygen atoms in total. The van der Waals surface area contributed by atoms with Gasteiger partial charge in [0.15, 0.2) is 11.3 Å². The van der Waals surface area contributed by atoms with Crippen LogP contribution in [0, 0.1) is 12.3 Å². The first kappa shape index (κ1) is 16.2. The SMILES string of the molecule is CC1C[CH-]CC1OC(=O)c1ncn2c(=O)n(C)nnc12.[Y]. The minimum Gasteiger partial charge on any atom is -0.460 e. The second kappa shape index (κ2) is 6.31. The molecule has 0 spiro atoms. The molecule has 0 N–H and O–H groups in total. The summed E-state index contributed by atoms with van der Waals surface area (Å²) in [6.45, 7) is 2.03. The van der Waals surface area contributed by atoms with Gasteiger partial charge >= 0.3 is 11.7 Å². The summed E-state index contributed by atoms with van der Waals surface area (Å²) < 4.78 is 7.67. The topological polar surface area (TPSA) is 91.4 Å². The smallest absolute Gasteiger partial charge is 0.361 e. The van der Waals surface area contributed by atoms with Crippen LogP contribution in [-0.2, 0) is 44.5 Å². The third-order valence-corrected chi connectivity index (χ3v) is 3.52. The van der Waals surface area contributed by atoms with Crippen molar-refractivity contribution < 1.29 is 42.2 Å². The van der Waals surface area contributed by atoms with Crippen LogP contribution in [0.5, 0.6) is 0 Å². The van der Waals surface area contributed by atoms with Gasteiger partial charge in [0, 0.05) is 39.8 Å². The summed E-state index contributed by atoms with van der Waals surface area (Å²) in [5.41, 5.74) is -0.272. The van der Waals surface area contributed by atoms with E-state index in [1.807, 2.05) is 6.92 Å². The van der Waals surface area contributed by atoms with E-state index >= 15 is 0 Å². The summed E-state index contributed by atoms with van der Waals surface area (Å²) >= 11 is 0. The minimum absolute atomic E-state index is 0. The Morgan fingerprint density at radius 2 is 2.24 bits per heavy atom. The molecule has 0 saturated heterocycles. The van der Waals surface area contributed by atoms with Crippen LogP contribution < -0.4 is 5.69 Å². The number of ether oxygens (including phenoxy) is 1. The van der Waals surface area contributed by atoms with E-state index < -0.39 is 11.7 Å². The summed E-state index contributed by atoms with van der Waals surface area (Å²) in [6.07, 6.45) is 4.89. The molecule has 1 aliphatic rings. The molecule has 2 aromatic heterocycles. The number of hydrogen-bond acceptors (Lipinski definition) is 6. The van der Waals surface area contributed by atoms with E-state index in [9.17, 15) is 9.59 Å². The Labute approximate surface area is 145 Å². The summed E-state index contributed by atoms with van der Waals surface area (Å²) in [5.74, 6) is -0.269. The first-order valence-electron chi connectivity index (χ1n) is 6.37. The Morgan fingerprint density at radius 3 is 2.90 bits per heavy atom. The van der Waals surface area contributed by atoms with Crippen molar-refractivity contribution in [1.82, 2.24) is 24.4 Å². The molecule has 2 aromatic rings. The molecule has 1 radical (unpaired) electrons. The van der Waals surface area contributed by atoms with Crippen LogP contribution >= 0.6 is 0 Å². The van der Waals surface area contributed by atoms with E-state index in [0.717, 1.165) is 17.5 Å². The second-order valence-corrected chi connectivity index (χ2v) is 4.96. The number of hydrogen-bond donors (Lipinski definition) is 0. The molecule has 2 atom stereocenters. The molecular formula is C12H14N5O3Y-. The maximum absolute atomic E-state index is 12.1. The van der Waals surface area contributed by atoms with Gasteiger partial charge in [-0.25, -0.2) is 19.0 Å². The van der Waals surface area contributed by atoms with E-state index in [1.165, 1.54) is 17.8 Å². The van der Waals surface area contributed by atoms with Crippen LogP contribution in [0.2, 0.25) is 0 Å². The summed E-state index contributed by atoms with van der Waals surface area (Å²) in [4.78, 5) is 27.8. The molecule has 3 rings (SSSR count). The number of aryl methyl sites for hydroxylation is 1. The fourth-order valence-electron chi connectivity index (χ4n) is 2.29. The summed E-state index contributed by atoms with van der Waals surface area (Å²) in [5, 5.41) is 7.47. The third-order valence-electron chi connectivity index (χ3n) is 3.52. The number of imidazole rings is 1. The molecule has 0 aliphatic heterocycles. The Balaban J connectivity index is 0.00000161. The van der Waals surface area contributed by atoms with Crippen LogP contribution in [0.25, 0.3) is 5.65 Å². The number of rotatable bonds is 2. The van der Waals surface area contributed by atoms with Crippen molar-refractivity contribution in [2.24, 2.45) is 13.0 Å². The van der Waals surface area contributed by atoms with Gasteiger partial charge in [0.2, 0.25) is 0 Å². The molecule has 9 heteroatoms. The largest absolute Gasteiger partial charge is 0.460 e. The van der Waals surface area contributed by atoms with Crippen LogP contribution in [0.3, 0.4) is 0 Å². The zero-order chi connectivity index (χ0) is 14.3. The molecule has 21 heavy (non-hydrogen) atoms. The fourth-order valence-corrected chi connectivity index (χ4v) is 2.29. The monoisotopic (exact) mass is 365 g/mol. The molecular weight excluding hydrogens is 351 g/mol. The van der Waals surface area contributed by atoms with E-state index in [2.05, 4.69) is 21.7 Å². The average Bonchev–Trinajstić information content (AvgIpc) is 3.01. The summed E-state index contributed by atoms with van der Waals surface area (Å²) in [7, 11) is 1.48. The predicted molar refractivity (Wildman–Crippen MR) is 67.9 cm³/mol. The maximum atomic E-state index is 12.1. The molecule has 1 saturated carbocycles. The summed E-state index contributed by atoms with van der Waals surface area (Å²) in [6, 6.07) is 0. The van der Waals surface area contributed by atoms with Gasteiger partial charge in [-0.3, -0.25) is 0 Å². The quantitative estimate of drug-likeness (QED) is 0.549. The van der Waals surface area contributed by atoms with Gasteiger partial charge < -0.3 is 11.2 Å². The third kappa shape index (κ3) is 2.92. The average molecular weight is 365 g/mol. The Bertz CT molecular complexity index is 725. The fraction of sp³-hybridized carbons (Fsp3) is 0.500. The molecule has 2 unspecified atom stereocenters. The standard InChI is InChI=1S/C12H14N5O3.Y/c1-7-4-3-5-8(7)20-11(18)9-10-14-15-16(2)12(19)17(10)6-13-9;/h3,6-8H,4-5H2,1-2H3;/q-1;. The van der Waals surface area contributed by atoms with Gasteiger partial charge in [-0.2, -0.15) is 11.1 Å². The van der Waals surface area contributed by atoms with Crippen LogP contribution in [0.1, 0.15) is 30.3 Å². The molecule has 0 aromatic carbocycles. The number of esters is 1. The maximum Gasteiger partial charge on any atom is 0.361 e. The molecule has 1 aliphatic carbocycles. The number of carbonyl (C=O) groups excluding carboxylic acids is 1. The first-order chi connectivity index (χ1) is 9.58. The Morgan fingerprint density at radius 1 is 1.48 bits per heavy atom. The number of fused-ring (bicyclic) bond motifs is 1. The van der Waals surface area contributed by atoms with Crippen molar-refractivity contribution in [2.75, 3.05) is 0 Å². The number of aromatic nitrogens is 5. The van der Waals surface area contributed by atoms with Crippen molar-refractivity contribution in [1.29, 1.82) is 0 Å². The van der Waals surface area contributed by atoms with Crippen LogP contribution in [-0.4, -0.2) is 36.5 Å². The van der Waals surface area contributed by atoms with Crippen molar-refractivity contribution in [3.63, 3.8) is 0 Å². The van der Waals surface area contributed by atoms with E-state index in [-0.39, 0.29) is 50.2 Å². The van der Waals surface area contributed by atoms with Crippen LogP contribution in [0.15, 0.2) is 11.1 Å². The molecule has 1 fully saturated rings. The normalized spacial score (nSPS) is 21.2. The van der Waals surface area contributed by atoms with Gasteiger partial charge in [0.05, 0.1) is 6.10 Å². The van der Waals surface area contributed by atoms with Crippen molar-refractivity contribution >= 4 is 11.6 Å². The number of carbonyl (C=O) groups is 1. The van der Waals surface area contributed by atoms with Gasteiger partial charge in [0.1, 0.15) is 6.33 Å². The first-order valence-corrected chi connectivity index (χ1v) is 6.37. The molecule has 109 valence electrons. The minimum atomic E-state index is -0.567. The number of nitrogens with zero attached hydrogens (tertiary/aromatic N) is 5. The zero-order valence-electron chi connectivity index (χ0n) is 11.8. The van der Waals surface area contributed by atoms with Gasteiger partial charge in [-0.05, 0) is 5.92 Å². The van der Waals surface area contributed by atoms with Gasteiger partial charge in [-0.15, -0.1) is 11.5 Å². The molecule has 0 bridgehead atoms. The van der Waals surface area contributed by atoms with Crippen molar-refractivity contribution in [3.8, 4) is 0 Å². The van der Waals surface area contributed by atoms with E-state index in [0.29, 0.717) is 5.92 Å². The Kier molecular flexibility index (Phi) is 4.88. The second-order valence-electron chi connectivity index (χ2n) is 4.96. The van der Waals surface area contributed by atoms with Crippen molar-refractivity contribution in [2.45, 2.75) is 25.9 Å². The zero-order valence-corrected chi connectivity index (χ0v) is 14.6. The van der Waals surface area contributed by atoms with E-state index in [1.54, 1.807) is 0 Å². The van der Waals surface area contributed by atoms with Gasteiger partial charge in [0.25, 0.3) is 0 Å².